The van der Waals surface area contributed by atoms with Crippen LogP contribution >= 0.6 is 0 Å². The van der Waals surface area contributed by atoms with Gasteiger partial charge in [-0.1, -0.05) is 18.2 Å². The van der Waals surface area contributed by atoms with Gasteiger partial charge in [0.05, 0.1) is 20.5 Å². The molecule has 2 amide bonds. The van der Waals surface area contributed by atoms with Crippen LogP contribution in [-0.2, 0) is 4.79 Å². The van der Waals surface area contributed by atoms with Crippen molar-refractivity contribution in [2.24, 2.45) is 0 Å². The van der Waals surface area contributed by atoms with Gasteiger partial charge < -0.3 is 29.3 Å². The van der Waals surface area contributed by atoms with Gasteiger partial charge in [-0.2, -0.15) is 0 Å². The minimum absolute atomic E-state index is 0.00523. The van der Waals surface area contributed by atoms with Gasteiger partial charge >= 0.3 is 0 Å². The zero-order valence-electron chi connectivity index (χ0n) is 19.7. The van der Waals surface area contributed by atoms with Crippen LogP contribution in [0.15, 0.2) is 101 Å². The van der Waals surface area contributed by atoms with E-state index < -0.39 is 11.8 Å². The summed E-state index contributed by atoms with van der Waals surface area (Å²) in [5.74, 6) is 1.57. The van der Waals surface area contributed by atoms with Gasteiger partial charge in [-0.15, -0.1) is 0 Å². The second-order valence-corrected chi connectivity index (χ2v) is 7.49. The number of carbonyl (C=O) groups excluding carboxylic acids is 2. The summed E-state index contributed by atoms with van der Waals surface area (Å²) < 4.78 is 21.6. The SMILES string of the molecule is COc1ccc(C(=O)N/C(=C\c2ccco2)C(=O)Nc2ccc(Oc3ccccc3)cc2)cc1OC. The molecule has 0 aliphatic rings. The Bertz CT molecular complexity index is 1350. The Kier molecular flexibility index (Phi) is 7.67. The van der Waals surface area contributed by atoms with Crippen molar-refractivity contribution in [3.05, 3.63) is 108 Å². The quantitative estimate of drug-likeness (QED) is 0.305. The van der Waals surface area contributed by atoms with Gasteiger partial charge in [0.2, 0.25) is 0 Å². The van der Waals surface area contributed by atoms with Gasteiger partial charge in [0.25, 0.3) is 11.8 Å². The Hall–Kier alpha value is -4.98. The van der Waals surface area contributed by atoms with Crippen molar-refractivity contribution in [3.8, 4) is 23.0 Å². The second-order valence-electron chi connectivity index (χ2n) is 7.49. The lowest BCUT2D eigenvalue weighted by Gasteiger charge is -2.13. The summed E-state index contributed by atoms with van der Waals surface area (Å²) in [4.78, 5) is 26.0. The number of hydrogen-bond acceptors (Lipinski definition) is 6. The van der Waals surface area contributed by atoms with E-state index >= 15 is 0 Å². The number of rotatable bonds is 9. The highest BCUT2D eigenvalue weighted by molar-refractivity contribution is 6.10. The molecule has 8 nitrogen and oxygen atoms in total. The molecule has 0 bridgehead atoms. The second kappa shape index (κ2) is 11.4. The van der Waals surface area contributed by atoms with E-state index in [1.165, 1.54) is 32.6 Å². The molecule has 0 unspecified atom stereocenters. The molecule has 0 fully saturated rings. The summed E-state index contributed by atoms with van der Waals surface area (Å²) in [6.45, 7) is 0. The first-order valence-corrected chi connectivity index (χ1v) is 11.0. The van der Waals surface area contributed by atoms with Gasteiger partial charge in [-0.05, 0) is 66.7 Å². The van der Waals surface area contributed by atoms with Crippen molar-refractivity contribution in [1.82, 2.24) is 5.32 Å². The highest BCUT2D eigenvalue weighted by Crippen LogP contribution is 2.28. The van der Waals surface area contributed by atoms with Gasteiger partial charge in [0, 0.05) is 17.3 Å². The Morgan fingerprint density at radius 3 is 2.19 bits per heavy atom. The summed E-state index contributed by atoms with van der Waals surface area (Å²) in [5.41, 5.74) is 0.800. The van der Waals surface area contributed by atoms with Crippen molar-refractivity contribution < 1.29 is 28.2 Å². The smallest absolute Gasteiger partial charge is 0.272 e. The van der Waals surface area contributed by atoms with Crippen molar-refractivity contribution in [1.29, 1.82) is 0 Å². The zero-order chi connectivity index (χ0) is 25.3. The number of methoxy groups -OCH3 is 2. The highest BCUT2D eigenvalue weighted by Gasteiger charge is 2.17. The number of para-hydroxylation sites is 1. The fourth-order valence-corrected chi connectivity index (χ4v) is 3.28. The van der Waals surface area contributed by atoms with Gasteiger partial charge in [0.1, 0.15) is 23.0 Å². The first-order chi connectivity index (χ1) is 17.6. The maximum Gasteiger partial charge on any atom is 0.272 e. The van der Waals surface area contributed by atoms with E-state index in [2.05, 4.69) is 10.6 Å². The fourth-order valence-electron chi connectivity index (χ4n) is 3.28. The Morgan fingerprint density at radius 1 is 0.806 bits per heavy atom. The molecule has 8 heteroatoms. The Morgan fingerprint density at radius 2 is 1.53 bits per heavy atom. The van der Waals surface area contributed by atoms with Crippen LogP contribution in [-0.4, -0.2) is 26.0 Å². The molecular formula is C28H24N2O6. The average molecular weight is 485 g/mol. The molecule has 1 aromatic heterocycles. The molecule has 182 valence electrons. The van der Waals surface area contributed by atoms with Crippen LogP contribution in [0.5, 0.6) is 23.0 Å². The standard InChI is InChI=1S/C28H24N2O6/c1-33-25-15-10-19(17-26(25)34-2)27(31)30-24(18-23-9-6-16-35-23)28(32)29-20-11-13-22(14-12-20)36-21-7-4-3-5-8-21/h3-18H,1-2H3,(H,29,32)(H,30,31)/b24-18-. The lowest BCUT2D eigenvalue weighted by molar-refractivity contribution is -0.113. The molecule has 0 spiro atoms. The zero-order valence-corrected chi connectivity index (χ0v) is 19.7. The van der Waals surface area contributed by atoms with E-state index in [0.29, 0.717) is 34.4 Å². The first kappa shape index (κ1) is 24.2. The summed E-state index contributed by atoms with van der Waals surface area (Å²) in [6, 6.07) is 24.3. The van der Waals surface area contributed by atoms with Crippen molar-refractivity contribution >= 4 is 23.6 Å². The largest absolute Gasteiger partial charge is 0.493 e. The summed E-state index contributed by atoms with van der Waals surface area (Å²) in [6.07, 6.45) is 2.92. The highest BCUT2D eigenvalue weighted by atomic mass is 16.5. The molecule has 4 rings (SSSR count). The number of carbonyl (C=O) groups is 2. The van der Waals surface area contributed by atoms with Gasteiger partial charge in [-0.3, -0.25) is 9.59 Å². The molecule has 2 N–H and O–H groups in total. The third-order valence-electron chi connectivity index (χ3n) is 5.06. The third-order valence-corrected chi connectivity index (χ3v) is 5.06. The van der Waals surface area contributed by atoms with Crippen LogP contribution in [0, 0.1) is 0 Å². The fraction of sp³-hybridized carbons (Fsp3) is 0.0714. The number of amides is 2. The van der Waals surface area contributed by atoms with Crippen LogP contribution in [0.1, 0.15) is 16.1 Å². The predicted octanol–water partition coefficient (Wildman–Crippen LogP) is 5.50. The van der Waals surface area contributed by atoms with Crippen molar-refractivity contribution in [2.75, 3.05) is 19.5 Å². The maximum absolute atomic E-state index is 13.1. The maximum atomic E-state index is 13.1. The van der Waals surface area contributed by atoms with Crippen LogP contribution in [0.2, 0.25) is 0 Å². The number of anilines is 1. The van der Waals surface area contributed by atoms with Crippen molar-refractivity contribution in [2.45, 2.75) is 0 Å². The predicted molar refractivity (Wildman–Crippen MR) is 135 cm³/mol. The monoisotopic (exact) mass is 484 g/mol. The molecule has 0 saturated heterocycles. The number of ether oxygens (including phenoxy) is 3. The van der Waals surface area contributed by atoms with E-state index in [9.17, 15) is 9.59 Å². The van der Waals surface area contributed by atoms with Gasteiger partial charge in [-0.25, -0.2) is 0 Å². The van der Waals surface area contributed by atoms with Gasteiger partial charge in [0.15, 0.2) is 11.5 Å². The molecule has 36 heavy (non-hydrogen) atoms. The number of nitrogens with one attached hydrogen (secondary N) is 2. The lowest BCUT2D eigenvalue weighted by atomic mass is 10.1. The van der Waals surface area contributed by atoms with Crippen molar-refractivity contribution in [3.63, 3.8) is 0 Å². The first-order valence-electron chi connectivity index (χ1n) is 11.0. The van der Waals surface area contributed by atoms with E-state index in [4.69, 9.17) is 18.6 Å². The molecule has 4 aromatic rings. The molecule has 0 radical (unpaired) electrons. The number of furan rings is 1. The summed E-state index contributed by atoms with van der Waals surface area (Å²) in [7, 11) is 2.98. The van der Waals surface area contributed by atoms with E-state index in [1.807, 2.05) is 30.3 Å². The van der Waals surface area contributed by atoms with Crippen LogP contribution in [0.4, 0.5) is 5.69 Å². The molecule has 0 aliphatic heterocycles. The summed E-state index contributed by atoms with van der Waals surface area (Å²) in [5, 5.41) is 5.43. The molecule has 0 aliphatic carbocycles. The lowest BCUT2D eigenvalue weighted by Crippen LogP contribution is -2.30. The normalized spacial score (nSPS) is 10.9. The summed E-state index contributed by atoms with van der Waals surface area (Å²) >= 11 is 0. The van der Waals surface area contributed by atoms with Crippen LogP contribution < -0.4 is 24.8 Å². The van der Waals surface area contributed by atoms with Crippen LogP contribution in [0.3, 0.4) is 0 Å². The molecule has 0 atom stereocenters. The average Bonchev–Trinajstić information content (AvgIpc) is 3.42. The van der Waals surface area contributed by atoms with Crippen LogP contribution in [0.25, 0.3) is 6.08 Å². The number of benzene rings is 3. The Labute approximate surface area is 208 Å². The Balaban J connectivity index is 1.50. The topological polar surface area (TPSA) is 99.0 Å². The van der Waals surface area contributed by atoms with E-state index in [0.717, 1.165) is 0 Å². The molecule has 3 aromatic carbocycles. The third kappa shape index (κ3) is 6.12. The molecular weight excluding hydrogens is 460 g/mol. The minimum Gasteiger partial charge on any atom is -0.493 e. The van der Waals surface area contributed by atoms with E-state index in [1.54, 1.807) is 48.5 Å². The molecule has 0 saturated carbocycles. The number of hydrogen-bond donors (Lipinski definition) is 2. The minimum atomic E-state index is -0.531. The van der Waals surface area contributed by atoms with E-state index in [-0.39, 0.29) is 11.3 Å². The molecule has 1 heterocycles.